The monoisotopic (exact) mass is 457 g/mol. The second-order valence-electron chi connectivity index (χ2n) is 7.79. The van der Waals surface area contributed by atoms with Gasteiger partial charge in [0, 0.05) is 58.0 Å². The number of fused-ring (bicyclic) bond motifs is 1. The Hall–Kier alpha value is -3.05. The van der Waals surface area contributed by atoms with Crippen LogP contribution < -0.4 is 10.0 Å². The number of hydrogen-bond donors (Lipinski definition) is 1. The number of benzene rings is 1. The number of hydrogen-bond acceptors (Lipinski definition) is 7. The van der Waals surface area contributed by atoms with E-state index in [1.165, 1.54) is 12.1 Å². The van der Waals surface area contributed by atoms with Gasteiger partial charge in [-0.3, -0.25) is 4.79 Å². The lowest BCUT2D eigenvalue weighted by molar-refractivity contribution is -0.131. The molecule has 1 aromatic carbocycles. The molecular weight excluding hydrogens is 430 g/mol. The first-order valence-corrected chi connectivity index (χ1v) is 12.2. The lowest BCUT2D eigenvalue weighted by Crippen LogP contribution is -2.49. The summed E-state index contributed by atoms with van der Waals surface area (Å²) in [6, 6.07) is 6.50. The van der Waals surface area contributed by atoms with Crippen molar-refractivity contribution < 1.29 is 13.2 Å². The first kappa shape index (κ1) is 22.2. The molecule has 1 aliphatic rings. The Morgan fingerprint density at radius 1 is 1.12 bits per heavy atom. The molecule has 0 aliphatic carbocycles. The van der Waals surface area contributed by atoms with E-state index < -0.39 is 10.0 Å². The summed E-state index contributed by atoms with van der Waals surface area (Å²) in [6.07, 6.45) is 5.16. The fraction of sp³-hybridized carbons (Fsp3) is 0.429. The number of primary sulfonamides is 1. The Morgan fingerprint density at radius 3 is 2.50 bits per heavy atom. The molecule has 3 heterocycles. The lowest BCUT2D eigenvalue weighted by Gasteiger charge is -2.34. The van der Waals surface area contributed by atoms with Gasteiger partial charge in [0.15, 0.2) is 0 Å². The van der Waals surface area contributed by atoms with Gasteiger partial charge in [-0.15, -0.1) is 0 Å². The molecule has 1 fully saturated rings. The summed E-state index contributed by atoms with van der Waals surface area (Å²) in [5.41, 5.74) is 1.42. The number of rotatable bonds is 7. The molecule has 0 bridgehead atoms. The zero-order chi connectivity index (χ0) is 22.7. The molecule has 1 amide bonds. The van der Waals surface area contributed by atoms with Crippen molar-refractivity contribution in [3.63, 3.8) is 0 Å². The van der Waals surface area contributed by atoms with Gasteiger partial charge in [-0.1, -0.05) is 6.92 Å². The molecule has 0 saturated carbocycles. The summed E-state index contributed by atoms with van der Waals surface area (Å²) >= 11 is 0. The number of piperazine rings is 1. The fourth-order valence-electron chi connectivity index (χ4n) is 3.99. The number of sulfonamides is 1. The Kier molecular flexibility index (Phi) is 6.38. The van der Waals surface area contributed by atoms with Crippen LogP contribution in [-0.4, -0.2) is 64.9 Å². The van der Waals surface area contributed by atoms with E-state index in [4.69, 9.17) is 5.14 Å². The second-order valence-corrected chi connectivity index (χ2v) is 9.35. The SMILES string of the molecule is CCCn1c(CCC(=O)N2CCN(c3ncccn3)CC2)nc2cc(S(N)(=O)=O)ccc21. The summed E-state index contributed by atoms with van der Waals surface area (Å²) in [5, 5.41) is 5.26. The van der Waals surface area contributed by atoms with E-state index in [2.05, 4.69) is 31.3 Å². The number of amides is 1. The summed E-state index contributed by atoms with van der Waals surface area (Å²) in [7, 11) is -3.80. The summed E-state index contributed by atoms with van der Waals surface area (Å²) in [5.74, 6) is 1.55. The van der Waals surface area contributed by atoms with Crippen LogP contribution in [0.25, 0.3) is 11.0 Å². The molecule has 11 heteroatoms. The van der Waals surface area contributed by atoms with E-state index in [0.29, 0.717) is 50.5 Å². The molecule has 2 N–H and O–H groups in total. The smallest absolute Gasteiger partial charge is 0.238 e. The number of nitrogens with zero attached hydrogens (tertiary/aromatic N) is 6. The number of carbonyl (C=O) groups is 1. The molecule has 4 rings (SSSR count). The third-order valence-electron chi connectivity index (χ3n) is 5.60. The zero-order valence-corrected chi connectivity index (χ0v) is 18.8. The highest BCUT2D eigenvalue weighted by molar-refractivity contribution is 7.89. The van der Waals surface area contributed by atoms with Gasteiger partial charge in [0.1, 0.15) is 5.82 Å². The molecule has 1 saturated heterocycles. The van der Waals surface area contributed by atoms with Crippen molar-refractivity contribution >= 4 is 32.9 Å². The van der Waals surface area contributed by atoms with Crippen LogP contribution in [-0.2, 0) is 27.8 Å². The molecule has 0 atom stereocenters. The van der Waals surface area contributed by atoms with Crippen molar-refractivity contribution in [2.75, 3.05) is 31.1 Å². The average molecular weight is 458 g/mol. The van der Waals surface area contributed by atoms with Crippen LogP contribution in [0, 0.1) is 0 Å². The Balaban J connectivity index is 1.43. The maximum atomic E-state index is 12.8. The van der Waals surface area contributed by atoms with Gasteiger partial charge in [0.05, 0.1) is 15.9 Å². The van der Waals surface area contributed by atoms with Crippen molar-refractivity contribution in [3.8, 4) is 0 Å². The van der Waals surface area contributed by atoms with Gasteiger partial charge in [0.2, 0.25) is 21.9 Å². The maximum Gasteiger partial charge on any atom is 0.238 e. The highest BCUT2D eigenvalue weighted by Gasteiger charge is 2.23. The van der Waals surface area contributed by atoms with Gasteiger partial charge in [-0.25, -0.2) is 28.5 Å². The van der Waals surface area contributed by atoms with Gasteiger partial charge >= 0.3 is 0 Å². The first-order valence-electron chi connectivity index (χ1n) is 10.7. The molecule has 10 nitrogen and oxygen atoms in total. The van der Waals surface area contributed by atoms with Crippen LogP contribution in [0.1, 0.15) is 25.6 Å². The number of aromatic nitrogens is 4. The molecule has 2 aromatic heterocycles. The van der Waals surface area contributed by atoms with E-state index in [-0.39, 0.29) is 10.8 Å². The van der Waals surface area contributed by atoms with Crippen LogP contribution >= 0.6 is 0 Å². The number of anilines is 1. The second kappa shape index (κ2) is 9.21. The third kappa shape index (κ3) is 4.73. The van der Waals surface area contributed by atoms with Crippen molar-refractivity contribution in [1.82, 2.24) is 24.4 Å². The normalized spacial score (nSPS) is 14.8. The number of carbonyl (C=O) groups excluding carboxylic acids is 1. The van der Waals surface area contributed by atoms with Crippen LogP contribution in [0.2, 0.25) is 0 Å². The standard InChI is InChI=1S/C21H27N7O3S/c1-2-10-28-18-5-4-16(32(22,30)31)15-17(18)25-19(28)6-7-20(29)26-11-13-27(14-12-26)21-23-8-3-9-24-21/h3-5,8-9,15H,2,6-7,10-14H2,1H3,(H2,22,30,31). The minimum atomic E-state index is -3.80. The highest BCUT2D eigenvalue weighted by Crippen LogP contribution is 2.22. The predicted octanol–water partition coefficient (Wildman–Crippen LogP) is 1.17. The topological polar surface area (TPSA) is 127 Å². The summed E-state index contributed by atoms with van der Waals surface area (Å²) in [4.78, 5) is 30.0. The maximum absolute atomic E-state index is 12.8. The van der Waals surface area contributed by atoms with E-state index in [1.54, 1.807) is 24.5 Å². The Morgan fingerprint density at radius 2 is 1.84 bits per heavy atom. The predicted molar refractivity (Wildman–Crippen MR) is 121 cm³/mol. The van der Waals surface area contributed by atoms with E-state index in [1.807, 2.05) is 4.90 Å². The summed E-state index contributed by atoms with van der Waals surface area (Å²) < 4.78 is 25.4. The lowest BCUT2D eigenvalue weighted by atomic mass is 10.2. The number of aryl methyl sites for hydroxylation is 2. The molecule has 0 radical (unpaired) electrons. The van der Waals surface area contributed by atoms with Crippen LogP contribution in [0.3, 0.4) is 0 Å². The van der Waals surface area contributed by atoms with Crippen LogP contribution in [0.15, 0.2) is 41.6 Å². The van der Waals surface area contributed by atoms with Gasteiger partial charge in [-0.05, 0) is 30.7 Å². The fourth-order valence-corrected chi connectivity index (χ4v) is 4.52. The van der Waals surface area contributed by atoms with Gasteiger partial charge in [0.25, 0.3) is 0 Å². The van der Waals surface area contributed by atoms with Gasteiger partial charge in [-0.2, -0.15) is 0 Å². The summed E-state index contributed by atoms with van der Waals surface area (Å²) in [6.45, 7) is 5.45. The van der Waals surface area contributed by atoms with Crippen molar-refractivity contribution in [2.24, 2.45) is 5.14 Å². The van der Waals surface area contributed by atoms with Crippen molar-refractivity contribution in [3.05, 3.63) is 42.5 Å². The van der Waals surface area contributed by atoms with E-state index in [9.17, 15) is 13.2 Å². The Labute approximate surface area is 187 Å². The molecule has 32 heavy (non-hydrogen) atoms. The molecule has 0 unspecified atom stereocenters. The van der Waals surface area contributed by atoms with E-state index in [0.717, 1.165) is 24.3 Å². The molecule has 3 aromatic rings. The molecule has 170 valence electrons. The highest BCUT2D eigenvalue weighted by atomic mass is 32.2. The van der Waals surface area contributed by atoms with Crippen molar-refractivity contribution in [2.45, 2.75) is 37.6 Å². The average Bonchev–Trinajstić information content (AvgIpc) is 3.14. The third-order valence-corrected chi connectivity index (χ3v) is 6.52. The van der Waals surface area contributed by atoms with E-state index >= 15 is 0 Å². The zero-order valence-electron chi connectivity index (χ0n) is 18.0. The van der Waals surface area contributed by atoms with Crippen molar-refractivity contribution in [1.29, 1.82) is 0 Å². The Bertz CT molecular complexity index is 1200. The number of nitrogens with two attached hydrogens (primary N) is 1. The first-order chi connectivity index (χ1) is 15.4. The quantitative estimate of drug-likeness (QED) is 0.564. The molecule has 1 aliphatic heterocycles. The largest absolute Gasteiger partial charge is 0.339 e. The minimum Gasteiger partial charge on any atom is -0.339 e. The molecular formula is C21H27N7O3S. The van der Waals surface area contributed by atoms with Crippen LogP contribution in [0.5, 0.6) is 0 Å². The number of imidazole rings is 1. The molecule has 0 spiro atoms. The van der Waals surface area contributed by atoms with Crippen LogP contribution in [0.4, 0.5) is 5.95 Å². The van der Waals surface area contributed by atoms with Gasteiger partial charge < -0.3 is 14.4 Å². The minimum absolute atomic E-state index is 0.0361.